The average Bonchev–Trinajstić information content (AvgIpc) is 2.39. The maximum Gasteiger partial charge on any atom is 0.254 e. The largest absolute Gasteiger partial charge is 0.342 e. The number of hydrogen-bond donors (Lipinski definition) is 0. The summed E-state index contributed by atoms with van der Waals surface area (Å²) < 4.78 is 0. The Bertz CT molecular complexity index is 378. The van der Waals surface area contributed by atoms with Crippen LogP contribution in [-0.2, 0) is 4.79 Å². The van der Waals surface area contributed by atoms with E-state index in [0.29, 0.717) is 31.7 Å². The van der Waals surface area contributed by atoms with Gasteiger partial charge in [0.25, 0.3) is 5.91 Å². The lowest BCUT2D eigenvalue weighted by atomic mass is 10.2. The molecule has 2 heterocycles. The molecule has 1 fully saturated rings. The molecule has 1 aromatic heterocycles. The molecule has 5 nitrogen and oxygen atoms in total. The van der Waals surface area contributed by atoms with E-state index in [9.17, 15) is 9.59 Å². The predicted octanol–water partition coefficient (Wildman–Crippen LogP) is 0.418. The Kier molecular flexibility index (Phi) is 4.90. The van der Waals surface area contributed by atoms with Crippen LogP contribution < -0.4 is 0 Å². The topological polar surface area (TPSA) is 53.5 Å². The summed E-state index contributed by atoms with van der Waals surface area (Å²) in [6.45, 7) is 2.42. The third-order valence-corrected chi connectivity index (χ3v) is 2.68. The molecule has 6 heteroatoms. The highest BCUT2D eigenvalue weighted by molar-refractivity contribution is 5.94. The van der Waals surface area contributed by atoms with Crippen molar-refractivity contribution in [3.8, 4) is 0 Å². The van der Waals surface area contributed by atoms with Crippen molar-refractivity contribution in [2.45, 2.75) is 0 Å². The van der Waals surface area contributed by atoms with Gasteiger partial charge in [-0.3, -0.25) is 14.6 Å². The van der Waals surface area contributed by atoms with E-state index in [1.807, 2.05) is 0 Å². The van der Waals surface area contributed by atoms with Crippen LogP contribution in [-0.4, -0.2) is 53.3 Å². The molecule has 1 aromatic rings. The van der Waals surface area contributed by atoms with Crippen molar-refractivity contribution in [2.75, 3.05) is 26.2 Å². The predicted molar refractivity (Wildman–Crippen MR) is 65.0 cm³/mol. The van der Waals surface area contributed by atoms with Gasteiger partial charge in [0.1, 0.15) is 0 Å². The fourth-order valence-corrected chi connectivity index (χ4v) is 1.71. The highest BCUT2D eigenvalue weighted by atomic mass is 35.5. The van der Waals surface area contributed by atoms with Gasteiger partial charge in [-0.25, -0.2) is 0 Å². The standard InChI is InChI=1S/C11H13N3O2.ClH/c15-9-13-5-7-14(8-6-13)11(16)10-1-3-12-4-2-10;/h1-4,9H,5-8H2;1H. The van der Waals surface area contributed by atoms with Crippen molar-refractivity contribution in [3.63, 3.8) is 0 Å². The first kappa shape index (κ1) is 13.4. The molecule has 0 spiro atoms. The van der Waals surface area contributed by atoms with E-state index < -0.39 is 0 Å². The molecule has 0 bridgehead atoms. The summed E-state index contributed by atoms with van der Waals surface area (Å²) in [4.78, 5) is 29.8. The van der Waals surface area contributed by atoms with Crippen molar-refractivity contribution in [3.05, 3.63) is 30.1 Å². The Morgan fingerprint density at radius 3 is 2.29 bits per heavy atom. The Morgan fingerprint density at radius 1 is 1.18 bits per heavy atom. The fraction of sp³-hybridized carbons (Fsp3) is 0.364. The van der Waals surface area contributed by atoms with Crippen LogP contribution in [0.5, 0.6) is 0 Å². The van der Waals surface area contributed by atoms with Crippen LogP contribution >= 0.6 is 12.4 Å². The molecule has 2 rings (SSSR count). The van der Waals surface area contributed by atoms with E-state index in [1.165, 1.54) is 0 Å². The third-order valence-electron chi connectivity index (χ3n) is 2.68. The first-order valence-corrected chi connectivity index (χ1v) is 5.20. The summed E-state index contributed by atoms with van der Waals surface area (Å²) in [5.74, 6) is 0.00736. The van der Waals surface area contributed by atoms with Crippen molar-refractivity contribution in [1.82, 2.24) is 14.8 Å². The summed E-state index contributed by atoms with van der Waals surface area (Å²) in [5.41, 5.74) is 0.648. The molecule has 0 aromatic carbocycles. The number of amides is 2. The summed E-state index contributed by atoms with van der Waals surface area (Å²) >= 11 is 0. The van der Waals surface area contributed by atoms with Crippen molar-refractivity contribution in [1.29, 1.82) is 0 Å². The number of pyridine rings is 1. The van der Waals surface area contributed by atoms with Gasteiger partial charge in [-0.15, -0.1) is 12.4 Å². The van der Waals surface area contributed by atoms with E-state index in [4.69, 9.17) is 0 Å². The van der Waals surface area contributed by atoms with Gasteiger partial charge in [0.15, 0.2) is 0 Å². The maximum atomic E-state index is 12.0. The normalized spacial score (nSPS) is 15.1. The van der Waals surface area contributed by atoms with Gasteiger partial charge in [0.2, 0.25) is 6.41 Å². The molecule has 0 saturated carbocycles. The molecule has 17 heavy (non-hydrogen) atoms. The SMILES string of the molecule is Cl.O=CN1CCN(C(=O)c2ccncc2)CC1. The van der Waals surface area contributed by atoms with Crippen LogP contribution in [0.1, 0.15) is 10.4 Å². The Balaban J connectivity index is 0.00000144. The number of hydrogen-bond acceptors (Lipinski definition) is 3. The van der Waals surface area contributed by atoms with Crippen molar-refractivity contribution < 1.29 is 9.59 Å². The van der Waals surface area contributed by atoms with Gasteiger partial charge < -0.3 is 9.80 Å². The van der Waals surface area contributed by atoms with Crippen molar-refractivity contribution >= 4 is 24.7 Å². The number of carbonyl (C=O) groups excluding carboxylic acids is 2. The number of halogens is 1. The molecular weight excluding hydrogens is 242 g/mol. The first-order chi connectivity index (χ1) is 7.81. The monoisotopic (exact) mass is 255 g/mol. The Morgan fingerprint density at radius 2 is 1.76 bits per heavy atom. The van der Waals surface area contributed by atoms with Crippen LogP contribution in [0, 0.1) is 0 Å². The smallest absolute Gasteiger partial charge is 0.254 e. The van der Waals surface area contributed by atoms with Gasteiger partial charge in [0.05, 0.1) is 0 Å². The lowest BCUT2D eigenvalue weighted by Gasteiger charge is -2.32. The summed E-state index contributed by atoms with van der Waals surface area (Å²) in [7, 11) is 0. The van der Waals surface area contributed by atoms with E-state index in [0.717, 1.165) is 6.41 Å². The number of carbonyl (C=O) groups is 2. The number of nitrogens with zero attached hydrogens (tertiary/aromatic N) is 3. The lowest BCUT2D eigenvalue weighted by molar-refractivity contribution is -0.119. The van der Waals surface area contributed by atoms with Crippen LogP contribution in [0.3, 0.4) is 0 Å². The summed E-state index contributed by atoms with van der Waals surface area (Å²) in [6, 6.07) is 3.41. The fourth-order valence-electron chi connectivity index (χ4n) is 1.71. The van der Waals surface area contributed by atoms with Crippen LogP contribution in [0.15, 0.2) is 24.5 Å². The molecule has 0 N–H and O–H groups in total. The average molecular weight is 256 g/mol. The minimum atomic E-state index is 0. The Hall–Kier alpha value is -1.62. The minimum Gasteiger partial charge on any atom is -0.342 e. The zero-order chi connectivity index (χ0) is 11.4. The first-order valence-electron chi connectivity index (χ1n) is 5.20. The summed E-state index contributed by atoms with van der Waals surface area (Å²) in [5, 5.41) is 0. The second-order valence-corrected chi connectivity index (χ2v) is 3.67. The second kappa shape index (κ2) is 6.20. The van der Waals surface area contributed by atoms with Crippen LogP contribution in [0.4, 0.5) is 0 Å². The molecule has 1 aliphatic rings. The van der Waals surface area contributed by atoms with E-state index >= 15 is 0 Å². The van der Waals surface area contributed by atoms with Gasteiger partial charge in [-0.05, 0) is 12.1 Å². The number of piperazine rings is 1. The van der Waals surface area contributed by atoms with Gasteiger partial charge in [0, 0.05) is 44.1 Å². The minimum absolute atomic E-state index is 0. The Labute approximate surface area is 106 Å². The van der Waals surface area contributed by atoms with Crippen LogP contribution in [0.2, 0.25) is 0 Å². The zero-order valence-corrected chi connectivity index (χ0v) is 10.1. The summed E-state index contributed by atoms with van der Waals surface area (Å²) in [6.07, 6.45) is 4.04. The molecule has 1 saturated heterocycles. The van der Waals surface area contributed by atoms with E-state index in [-0.39, 0.29) is 18.3 Å². The van der Waals surface area contributed by atoms with Gasteiger partial charge in [-0.2, -0.15) is 0 Å². The number of aromatic nitrogens is 1. The van der Waals surface area contributed by atoms with E-state index in [1.54, 1.807) is 34.3 Å². The molecule has 0 atom stereocenters. The van der Waals surface area contributed by atoms with E-state index in [2.05, 4.69) is 4.98 Å². The number of rotatable bonds is 2. The second-order valence-electron chi connectivity index (χ2n) is 3.67. The molecule has 2 amide bonds. The third kappa shape index (κ3) is 3.17. The molecule has 92 valence electrons. The molecular formula is C11H14ClN3O2. The zero-order valence-electron chi connectivity index (χ0n) is 9.28. The molecule has 0 unspecified atom stereocenters. The highest BCUT2D eigenvalue weighted by Gasteiger charge is 2.20. The van der Waals surface area contributed by atoms with Crippen molar-refractivity contribution in [2.24, 2.45) is 0 Å². The van der Waals surface area contributed by atoms with Crippen LogP contribution in [0.25, 0.3) is 0 Å². The lowest BCUT2D eigenvalue weighted by Crippen LogP contribution is -2.48. The molecule has 0 radical (unpaired) electrons. The van der Waals surface area contributed by atoms with Gasteiger partial charge >= 0.3 is 0 Å². The quantitative estimate of drug-likeness (QED) is 0.720. The van der Waals surface area contributed by atoms with Gasteiger partial charge in [-0.1, -0.05) is 0 Å². The molecule has 0 aliphatic carbocycles. The highest BCUT2D eigenvalue weighted by Crippen LogP contribution is 2.06. The maximum absolute atomic E-state index is 12.0. The molecule has 1 aliphatic heterocycles.